The van der Waals surface area contributed by atoms with Crippen LogP contribution in [0.1, 0.15) is 12.7 Å². The summed E-state index contributed by atoms with van der Waals surface area (Å²) in [6.07, 6.45) is 0.727. The van der Waals surface area contributed by atoms with Crippen molar-refractivity contribution in [3.63, 3.8) is 0 Å². The van der Waals surface area contributed by atoms with Gasteiger partial charge >= 0.3 is 0 Å². The Morgan fingerprint density at radius 1 is 1.32 bits per heavy atom. The van der Waals surface area contributed by atoms with E-state index in [1.807, 2.05) is 25.2 Å². The highest BCUT2D eigenvalue weighted by Crippen LogP contribution is 2.35. The quantitative estimate of drug-likeness (QED) is 0.901. The van der Waals surface area contributed by atoms with Gasteiger partial charge in [-0.2, -0.15) is 4.98 Å². The third-order valence-electron chi connectivity index (χ3n) is 3.07. The first-order valence-electron chi connectivity index (χ1n) is 6.16. The number of nitrogens with zero attached hydrogens (tertiary/aromatic N) is 2. The standard InChI is InChI=1S/C13H15N3O3/c1-8(14-2)5-12-15-13(19-16-12)9-3-4-10-11(6-9)18-7-17-10/h3-4,6,8,14H,5,7H2,1-2H3. The number of rotatable bonds is 4. The summed E-state index contributed by atoms with van der Waals surface area (Å²) >= 11 is 0. The van der Waals surface area contributed by atoms with Crippen LogP contribution in [-0.2, 0) is 6.42 Å². The van der Waals surface area contributed by atoms with Gasteiger partial charge in [0.2, 0.25) is 6.79 Å². The van der Waals surface area contributed by atoms with Crippen LogP contribution < -0.4 is 14.8 Å². The normalized spacial score (nSPS) is 14.6. The van der Waals surface area contributed by atoms with Crippen LogP contribution in [-0.4, -0.2) is 30.0 Å². The lowest BCUT2D eigenvalue weighted by atomic mass is 10.2. The lowest BCUT2D eigenvalue weighted by Gasteiger charge is -2.04. The molecular weight excluding hydrogens is 246 g/mol. The maximum Gasteiger partial charge on any atom is 0.258 e. The molecule has 0 saturated heterocycles. The van der Waals surface area contributed by atoms with Crippen molar-refractivity contribution in [3.05, 3.63) is 24.0 Å². The third kappa shape index (κ3) is 2.39. The van der Waals surface area contributed by atoms with Gasteiger partial charge in [-0.15, -0.1) is 0 Å². The highest BCUT2D eigenvalue weighted by Gasteiger charge is 2.17. The SMILES string of the molecule is CNC(C)Cc1noc(-c2ccc3c(c2)OCO3)n1. The van der Waals surface area contributed by atoms with Gasteiger partial charge in [-0.25, -0.2) is 0 Å². The summed E-state index contributed by atoms with van der Waals surface area (Å²) in [5.41, 5.74) is 0.833. The summed E-state index contributed by atoms with van der Waals surface area (Å²) in [6.45, 7) is 2.32. The molecule has 3 rings (SSSR count). The van der Waals surface area contributed by atoms with Gasteiger partial charge in [0, 0.05) is 18.0 Å². The second kappa shape index (κ2) is 4.89. The molecule has 100 valence electrons. The summed E-state index contributed by atoms with van der Waals surface area (Å²) < 4.78 is 15.9. The maximum absolute atomic E-state index is 5.33. The van der Waals surface area contributed by atoms with Crippen molar-refractivity contribution in [1.29, 1.82) is 0 Å². The van der Waals surface area contributed by atoms with Crippen molar-refractivity contribution >= 4 is 0 Å². The van der Waals surface area contributed by atoms with Gasteiger partial charge in [0.15, 0.2) is 17.3 Å². The van der Waals surface area contributed by atoms with E-state index < -0.39 is 0 Å². The van der Waals surface area contributed by atoms with Gasteiger partial charge in [-0.3, -0.25) is 0 Å². The molecule has 0 amide bonds. The molecule has 1 unspecified atom stereocenters. The molecule has 0 fully saturated rings. The number of likely N-dealkylation sites (N-methyl/N-ethyl adjacent to an activating group) is 1. The molecule has 1 aromatic heterocycles. The molecule has 0 radical (unpaired) electrons. The van der Waals surface area contributed by atoms with Crippen LogP contribution in [0.25, 0.3) is 11.5 Å². The minimum absolute atomic E-state index is 0.257. The van der Waals surface area contributed by atoms with Gasteiger partial charge in [0.1, 0.15) is 0 Å². The van der Waals surface area contributed by atoms with Crippen LogP contribution in [0.3, 0.4) is 0 Å². The van der Waals surface area contributed by atoms with Crippen molar-refractivity contribution in [2.45, 2.75) is 19.4 Å². The second-order valence-electron chi connectivity index (χ2n) is 4.48. The number of benzene rings is 1. The highest BCUT2D eigenvalue weighted by molar-refractivity contribution is 5.60. The lowest BCUT2D eigenvalue weighted by Crippen LogP contribution is -2.24. The monoisotopic (exact) mass is 261 g/mol. The molecule has 1 atom stereocenters. The smallest absolute Gasteiger partial charge is 0.258 e. The predicted molar refractivity (Wildman–Crippen MR) is 68.1 cm³/mol. The number of nitrogens with one attached hydrogen (secondary N) is 1. The molecule has 0 bridgehead atoms. The van der Waals surface area contributed by atoms with Gasteiger partial charge in [-0.1, -0.05) is 5.16 Å². The van der Waals surface area contributed by atoms with Crippen molar-refractivity contribution < 1.29 is 14.0 Å². The zero-order chi connectivity index (χ0) is 13.2. The molecule has 6 nitrogen and oxygen atoms in total. The molecular formula is C13H15N3O3. The van der Waals surface area contributed by atoms with Gasteiger partial charge in [0.05, 0.1) is 0 Å². The number of fused-ring (bicyclic) bond motifs is 1. The van der Waals surface area contributed by atoms with Crippen molar-refractivity contribution in [3.8, 4) is 23.0 Å². The molecule has 2 aromatic rings. The van der Waals surface area contributed by atoms with E-state index in [9.17, 15) is 0 Å². The Hall–Kier alpha value is -2.08. The molecule has 0 aliphatic carbocycles. The molecule has 19 heavy (non-hydrogen) atoms. The number of ether oxygens (including phenoxy) is 2. The zero-order valence-electron chi connectivity index (χ0n) is 10.8. The summed E-state index contributed by atoms with van der Waals surface area (Å²) in [7, 11) is 1.91. The largest absolute Gasteiger partial charge is 0.454 e. The maximum atomic E-state index is 5.33. The fourth-order valence-corrected chi connectivity index (χ4v) is 1.86. The molecule has 1 N–H and O–H groups in total. The fourth-order valence-electron chi connectivity index (χ4n) is 1.86. The van der Waals surface area contributed by atoms with Crippen LogP contribution in [0.2, 0.25) is 0 Å². The topological polar surface area (TPSA) is 69.4 Å². The Bertz CT molecular complexity index is 582. The first-order valence-corrected chi connectivity index (χ1v) is 6.16. The minimum atomic E-state index is 0.257. The summed E-state index contributed by atoms with van der Waals surface area (Å²) in [6, 6.07) is 5.88. The van der Waals surface area contributed by atoms with Crippen molar-refractivity contribution in [1.82, 2.24) is 15.5 Å². The van der Waals surface area contributed by atoms with Crippen LogP contribution >= 0.6 is 0 Å². The van der Waals surface area contributed by atoms with Crippen molar-refractivity contribution in [2.24, 2.45) is 0 Å². The van der Waals surface area contributed by atoms with E-state index in [2.05, 4.69) is 22.4 Å². The van der Waals surface area contributed by atoms with E-state index in [0.29, 0.717) is 23.5 Å². The van der Waals surface area contributed by atoms with Crippen LogP contribution in [0, 0.1) is 0 Å². The van der Waals surface area contributed by atoms with E-state index in [0.717, 1.165) is 17.7 Å². The first kappa shape index (κ1) is 12.0. The van der Waals surface area contributed by atoms with E-state index in [4.69, 9.17) is 14.0 Å². The molecule has 0 spiro atoms. The molecule has 2 heterocycles. The van der Waals surface area contributed by atoms with E-state index in [-0.39, 0.29) is 6.79 Å². The lowest BCUT2D eigenvalue weighted by molar-refractivity contribution is 0.174. The summed E-state index contributed by atoms with van der Waals surface area (Å²) in [5, 5.41) is 7.11. The summed E-state index contributed by atoms with van der Waals surface area (Å²) in [5.74, 6) is 2.64. The van der Waals surface area contributed by atoms with E-state index >= 15 is 0 Å². The van der Waals surface area contributed by atoms with Gasteiger partial charge in [0.25, 0.3) is 5.89 Å². The van der Waals surface area contributed by atoms with Crippen LogP contribution in [0.5, 0.6) is 11.5 Å². The minimum Gasteiger partial charge on any atom is -0.454 e. The van der Waals surface area contributed by atoms with Crippen molar-refractivity contribution in [2.75, 3.05) is 13.8 Å². The van der Waals surface area contributed by atoms with Crippen LogP contribution in [0.4, 0.5) is 0 Å². The van der Waals surface area contributed by atoms with E-state index in [1.54, 1.807) is 0 Å². The Balaban J connectivity index is 1.82. The number of hydrogen-bond donors (Lipinski definition) is 1. The van der Waals surface area contributed by atoms with E-state index in [1.165, 1.54) is 0 Å². The number of aromatic nitrogens is 2. The average Bonchev–Trinajstić information content (AvgIpc) is 3.05. The Morgan fingerprint density at radius 2 is 2.16 bits per heavy atom. The molecule has 1 aliphatic rings. The van der Waals surface area contributed by atoms with Crippen LogP contribution in [0.15, 0.2) is 22.7 Å². The molecule has 0 saturated carbocycles. The predicted octanol–water partition coefficient (Wildman–Crippen LogP) is 1.62. The Morgan fingerprint density at radius 3 is 3.00 bits per heavy atom. The number of hydrogen-bond acceptors (Lipinski definition) is 6. The zero-order valence-corrected chi connectivity index (χ0v) is 10.8. The highest BCUT2D eigenvalue weighted by atomic mass is 16.7. The molecule has 1 aliphatic heterocycles. The average molecular weight is 261 g/mol. The Labute approximate surface area is 110 Å². The van der Waals surface area contributed by atoms with Gasteiger partial charge < -0.3 is 19.3 Å². The Kier molecular flexibility index (Phi) is 3.08. The fraction of sp³-hybridized carbons (Fsp3) is 0.385. The molecule has 1 aromatic carbocycles. The molecule has 6 heteroatoms. The third-order valence-corrected chi connectivity index (χ3v) is 3.07. The first-order chi connectivity index (χ1) is 9.26. The van der Waals surface area contributed by atoms with Gasteiger partial charge in [-0.05, 0) is 32.2 Å². The summed E-state index contributed by atoms with van der Waals surface area (Å²) in [4.78, 5) is 4.38. The second-order valence-corrected chi connectivity index (χ2v) is 4.48.